The maximum Gasteiger partial charge on any atom is 0.245 e. The van der Waals surface area contributed by atoms with Gasteiger partial charge in [-0.15, -0.1) is 11.3 Å². The van der Waals surface area contributed by atoms with Crippen LogP contribution in [-0.4, -0.2) is 37.5 Å². The molecule has 0 spiro atoms. The molecule has 1 saturated heterocycles. The van der Waals surface area contributed by atoms with Crippen LogP contribution in [0.15, 0.2) is 11.0 Å². The van der Waals surface area contributed by atoms with Crippen molar-refractivity contribution >= 4 is 44.6 Å². The standard InChI is InChI=1S/C8H9Cl2NO3S2/c9-7-1-6(8(10)15-7)16(13,14)11-2-5(3-11)4-12/h1,5,12H,2-4H2. The largest absolute Gasteiger partial charge is 0.396 e. The van der Waals surface area contributed by atoms with Crippen LogP contribution in [0.5, 0.6) is 0 Å². The van der Waals surface area contributed by atoms with E-state index in [1.165, 1.54) is 10.4 Å². The van der Waals surface area contributed by atoms with Crippen LogP contribution in [0.25, 0.3) is 0 Å². The van der Waals surface area contributed by atoms with Crippen molar-refractivity contribution in [3.8, 4) is 0 Å². The smallest absolute Gasteiger partial charge is 0.245 e. The summed E-state index contributed by atoms with van der Waals surface area (Å²) in [5.74, 6) is 0.0302. The Kier molecular flexibility index (Phi) is 3.49. The number of aliphatic hydroxyl groups excluding tert-OH is 1. The first-order valence-electron chi connectivity index (χ1n) is 4.51. The third kappa shape index (κ3) is 2.10. The second-order valence-electron chi connectivity index (χ2n) is 3.56. The number of aliphatic hydroxyl groups is 1. The Hall–Kier alpha value is 0.150. The highest BCUT2D eigenvalue weighted by Gasteiger charge is 2.37. The average Bonchev–Trinajstić information content (AvgIpc) is 2.43. The summed E-state index contributed by atoms with van der Waals surface area (Å²) in [5, 5.41) is 8.83. The predicted octanol–water partition coefficient (Wildman–Crippen LogP) is 1.67. The van der Waals surface area contributed by atoms with Crippen LogP contribution in [0.2, 0.25) is 8.67 Å². The minimum atomic E-state index is -3.54. The molecule has 1 fully saturated rings. The lowest BCUT2D eigenvalue weighted by Gasteiger charge is -2.36. The second kappa shape index (κ2) is 4.44. The Morgan fingerprint density at radius 3 is 2.56 bits per heavy atom. The minimum absolute atomic E-state index is 0.00411. The SMILES string of the molecule is O=S(=O)(c1cc(Cl)sc1Cl)N1CC(CO)C1. The van der Waals surface area contributed by atoms with Gasteiger partial charge in [0, 0.05) is 25.6 Å². The molecule has 1 aromatic rings. The van der Waals surface area contributed by atoms with Gasteiger partial charge in [0.2, 0.25) is 10.0 Å². The Bertz CT molecular complexity index is 493. The lowest BCUT2D eigenvalue weighted by Crippen LogP contribution is -2.51. The molecule has 0 amide bonds. The quantitative estimate of drug-likeness (QED) is 0.924. The van der Waals surface area contributed by atoms with Crippen molar-refractivity contribution in [2.24, 2.45) is 5.92 Å². The second-order valence-corrected chi connectivity index (χ2v) is 7.75. The first-order chi connectivity index (χ1) is 7.45. The van der Waals surface area contributed by atoms with E-state index in [1.54, 1.807) is 0 Å². The molecule has 0 bridgehead atoms. The van der Waals surface area contributed by atoms with Gasteiger partial charge in [0.15, 0.2) is 0 Å². The monoisotopic (exact) mass is 301 g/mol. The molecule has 16 heavy (non-hydrogen) atoms. The van der Waals surface area contributed by atoms with E-state index >= 15 is 0 Å². The summed E-state index contributed by atoms with van der Waals surface area (Å²) in [6.07, 6.45) is 0. The van der Waals surface area contributed by atoms with Gasteiger partial charge in [0.1, 0.15) is 9.23 Å². The fraction of sp³-hybridized carbons (Fsp3) is 0.500. The van der Waals surface area contributed by atoms with E-state index in [2.05, 4.69) is 0 Å². The first kappa shape index (κ1) is 12.6. The molecule has 1 aliphatic rings. The van der Waals surface area contributed by atoms with Gasteiger partial charge in [0.25, 0.3) is 0 Å². The average molecular weight is 302 g/mol. The normalized spacial score (nSPS) is 18.7. The summed E-state index contributed by atoms with van der Waals surface area (Å²) in [5.41, 5.74) is 0. The van der Waals surface area contributed by atoms with Gasteiger partial charge in [-0.3, -0.25) is 0 Å². The van der Waals surface area contributed by atoms with Crippen LogP contribution < -0.4 is 0 Å². The molecule has 0 atom stereocenters. The van der Waals surface area contributed by atoms with Crippen molar-refractivity contribution in [2.75, 3.05) is 19.7 Å². The molecular weight excluding hydrogens is 293 g/mol. The van der Waals surface area contributed by atoms with Crippen molar-refractivity contribution in [1.29, 1.82) is 0 Å². The van der Waals surface area contributed by atoms with E-state index in [4.69, 9.17) is 28.3 Å². The summed E-state index contributed by atoms with van der Waals surface area (Å²) < 4.78 is 25.9. The number of hydrogen-bond donors (Lipinski definition) is 1. The lowest BCUT2D eigenvalue weighted by molar-refractivity contribution is 0.117. The summed E-state index contributed by atoms with van der Waals surface area (Å²) in [6, 6.07) is 1.36. The molecule has 4 nitrogen and oxygen atoms in total. The summed E-state index contributed by atoms with van der Waals surface area (Å²) in [4.78, 5) is 0.0561. The molecule has 1 N–H and O–H groups in total. The fourth-order valence-corrected chi connectivity index (χ4v) is 5.18. The number of rotatable bonds is 3. The fourth-order valence-electron chi connectivity index (χ4n) is 1.47. The number of hydrogen-bond acceptors (Lipinski definition) is 4. The van der Waals surface area contributed by atoms with Crippen molar-refractivity contribution < 1.29 is 13.5 Å². The molecule has 90 valence electrons. The van der Waals surface area contributed by atoms with Crippen molar-refractivity contribution in [2.45, 2.75) is 4.90 Å². The zero-order valence-electron chi connectivity index (χ0n) is 8.06. The van der Waals surface area contributed by atoms with Gasteiger partial charge in [-0.2, -0.15) is 4.31 Å². The van der Waals surface area contributed by atoms with Crippen LogP contribution in [0, 0.1) is 5.92 Å². The molecule has 0 unspecified atom stereocenters. The molecule has 0 radical (unpaired) electrons. The molecule has 0 aliphatic carbocycles. The Morgan fingerprint density at radius 1 is 1.50 bits per heavy atom. The third-order valence-corrected chi connectivity index (χ3v) is 6.01. The molecule has 2 rings (SSSR count). The Balaban J connectivity index is 2.24. The van der Waals surface area contributed by atoms with Crippen LogP contribution in [0.4, 0.5) is 0 Å². The molecule has 8 heteroatoms. The van der Waals surface area contributed by atoms with Gasteiger partial charge in [-0.25, -0.2) is 8.42 Å². The summed E-state index contributed by atoms with van der Waals surface area (Å²) in [6.45, 7) is 0.676. The predicted molar refractivity (Wildman–Crippen MR) is 63.7 cm³/mol. The number of halogens is 2. The highest BCUT2D eigenvalue weighted by molar-refractivity contribution is 7.89. The van der Waals surface area contributed by atoms with E-state index in [-0.39, 0.29) is 21.8 Å². The Labute approximate surface area is 107 Å². The van der Waals surface area contributed by atoms with Crippen LogP contribution in [-0.2, 0) is 10.0 Å². The molecule has 0 aromatic carbocycles. The Morgan fingerprint density at radius 2 is 2.12 bits per heavy atom. The highest BCUT2D eigenvalue weighted by atomic mass is 35.5. The molecule has 1 aromatic heterocycles. The van der Waals surface area contributed by atoms with E-state index in [1.807, 2.05) is 0 Å². The number of sulfonamides is 1. The number of nitrogens with zero attached hydrogens (tertiary/aromatic N) is 1. The summed E-state index contributed by atoms with van der Waals surface area (Å²) in [7, 11) is -3.54. The maximum absolute atomic E-state index is 12.0. The van der Waals surface area contributed by atoms with Gasteiger partial charge < -0.3 is 5.11 Å². The summed E-state index contributed by atoms with van der Waals surface area (Å²) >= 11 is 12.5. The topological polar surface area (TPSA) is 57.6 Å². The molecule has 2 heterocycles. The first-order valence-corrected chi connectivity index (χ1v) is 7.52. The third-order valence-electron chi connectivity index (χ3n) is 2.43. The van der Waals surface area contributed by atoms with Gasteiger partial charge in [-0.05, 0) is 6.07 Å². The van der Waals surface area contributed by atoms with Crippen molar-refractivity contribution in [3.63, 3.8) is 0 Å². The molecule has 1 aliphatic heterocycles. The van der Waals surface area contributed by atoms with Crippen LogP contribution in [0.3, 0.4) is 0 Å². The van der Waals surface area contributed by atoms with Gasteiger partial charge in [-0.1, -0.05) is 23.2 Å². The molecular formula is C8H9Cl2NO3S2. The zero-order chi connectivity index (χ0) is 11.9. The van der Waals surface area contributed by atoms with E-state index in [0.717, 1.165) is 11.3 Å². The van der Waals surface area contributed by atoms with Gasteiger partial charge >= 0.3 is 0 Å². The van der Waals surface area contributed by atoms with Crippen molar-refractivity contribution in [1.82, 2.24) is 4.31 Å². The van der Waals surface area contributed by atoms with E-state index in [9.17, 15) is 8.42 Å². The van der Waals surface area contributed by atoms with Crippen LogP contribution in [0.1, 0.15) is 0 Å². The van der Waals surface area contributed by atoms with E-state index in [0.29, 0.717) is 17.4 Å². The minimum Gasteiger partial charge on any atom is -0.396 e. The highest BCUT2D eigenvalue weighted by Crippen LogP contribution is 2.37. The lowest BCUT2D eigenvalue weighted by atomic mass is 10.1. The van der Waals surface area contributed by atoms with Crippen molar-refractivity contribution in [3.05, 3.63) is 14.7 Å². The van der Waals surface area contributed by atoms with E-state index < -0.39 is 10.0 Å². The number of thiophene rings is 1. The zero-order valence-corrected chi connectivity index (χ0v) is 11.2. The van der Waals surface area contributed by atoms with Crippen LogP contribution >= 0.6 is 34.5 Å². The van der Waals surface area contributed by atoms with Gasteiger partial charge in [0.05, 0.1) is 4.34 Å². The molecule has 0 saturated carbocycles. The maximum atomic E-state index is 12.0.